The van der Waals surface area contributed by atoms with Crippen LogP contribution in [0.4, 0.5) is 11.4 Å². The molecule has 1 aliphatic rings. The summed E-state index contributed by atoms with van der Waals surface area (Å²) in [5.41, 5.74) is 9.76. The fraction of sp³-hybridized carbons (Fsp3) is 0.203. The number of aromatic nitrogens is 5. The van der Waals surface area contributed by atoms with Crippen LogP contribution >= 0.6 is 0 Å². The zero-order chi connectivity index (χ0) is 46.7. The number of hydrogen-bond acceptors (Lipinski definition) is 5. The molecule has 0 fully saturated rings. The molecule has 9 heteroatoms. The molecule has 0 bridgehead atoms. The summed E-state index contributed by atoms with van der Waals surface area (Å²) < 4.78 is 13.0. The van der Waals surface area contributed by atoms with Gasteiger partial charge in [0.2, 0.25) is 5.69 Å². The first-order valence-corrected chi connectivity index (χ1v) is 22.8. The fourth-order valence-electron chi connectivity index (χ4n) is 8.35. The van der Waals surface area contributed by atoms with Gasteiger partial charge in [-0.1, -0.05) is 174 Å². The van der Waals surface area contributed by atoms with E-state index >= 15 is 0 Å². The van der Waals surface area contributed by atoms with Gasteiger partial charge in [0.1, 0.15) is 17.3 Å². The average Bonchev–Trinajstić information content (AvgIpc) is 3.95. The molecule has 9 aromatic rings. The van der Waals surface area contributed by atoms with Crippen LogP contribution in [0.2, 0.25) is 0 Å². The number of para-hydroxylation sites is 1. The smallest absolute Gasteiger partial charge is 0.508 e. The van der Waals surface area contributed by atoms with Crippen molar-refractivity contribution in [2.75, 3.05) is 0 Å². The van der Waals surface area contributed by atoms with E-state index in [1.165, 1.54) is 16.7 Å². The van der Waals surface area contributed by atoms with Gasteiger partial charge < -0.3 is 9.30 Å². The van der Waals surface area contributed by atoms with Gasteiger partial charge in [0, 0.05) is 46.5 Å². The maximum Gasteiger partial charge on any atom is 2.00 e. The number of ether oxygens (including phenoxy) is 1. The molecule has 0 aliphatic carbocycles. The average molecular weight is 1070 g/mol. The van der Waals surface area contributed by atoms with Crippen molar-refractivity contribution >= 4 is 39.2 Å². The van der Waals surface area contributed by atoms with Gasteiger partial charge in [-0.2, -0.15) is 6.07 Å². The van der Waals surface area contributed by atoms with Crippen LogP contribution in [-0.2, 0) is 37.3 Å². The number of nitrogens with zero attached hydrogens (tertiary/aromatic N) is 7. The first-order valence-electron chi connectivity index (χ1n) is 22.8. The second-order valence-electron chi connectivity index (χ2n) is 20.2. The standard InChI is InChI=1S/C59H53N7O.Pt/c1-57(2,3)41-24-20-39(21-25-41)54-61-55(40-22-26-42(27-23-40)58(4,5)6)63-56(62-54)49-36-48-47-17-10-11-18-50(47)66(53-19-12-13-32-60-53)51(48)37-52(49)67-46-16-14-15-45(35-46)65-34-33-64(38-65)44-30-28-43(29-31-44)59(7,8)9;/h10-34,36H,1-9H3;/q;+2. The molecule has 6 aromatic carbocycles. The van der Waals surface area contributed by atoms with Crippen molar-refractivity contribution in [2.45, 2.75) is 78.6 Å². The van der Waals surface area contributed by atoms with Crippen molar-refractivity contribution in [1.29, 1.82) is 0 Å². The van der Waals surface area contributed by atoms with E-state index in [2.05, 4.69) is 182 Å². The molecule has 3 aromatic heterocycles. The Morgan fingerprint density at radius 2 is 1.10 bits per heavy atom. The maximum absolute atomic E-state index is 6.98. The summed E-state index contributed by atoms with van der Waals surface area (Å²) in [5, 5.41) is 1.99. The Labute approximate surface area is 413 Å². The molecule has 338 valence electrons. The Bertz CT molecular complexity index is 3360. The summed E-state index contributed by atoms with van der Waals surface area (Å²) in [6.07, 6.45) is 5.77. The maximum atomic E-state index is 6.98. The van der Waals surface area contributed by atoms with Crippen LogP contribution in [0, 0.1) is 12.1 Å². The fourth-order valence-corrected chi connectivity index (χ4v) is 8.35. The number of fused-ring (bicyclic) bond motifs is 3. The summed E-state index contributed by atoms with van der Waals surface area (Å²) in [6, 6.07) is 58.6. The summed E-state index contributed by atoms with van der Waals surface area (Å²) in [7, 11) is 0. The summed E-state index contributed by atoms with van der Waals surface area (Å²) in [4.78, 5) is 20.4. The van der Waals surface area contributed by atoms with Crippen LogP contribution in [-0.4, -0.2) is 39.7 Å². The normalized spacial score (nSPS) is 12.8. The van der Waals surface area contributed by atoms with Crippen LogP contribution in [0.3, 0.4) is 0 Å². The van der Waals surface area contributed by atoms with E-state index in [-0.39, 0.29) is 37.3 Å². The van der Waals surface area contributed by atoms with Gasteiger partial charge in [-0.15, -0.1) is 23.6 Å². The third kappa shape index (κ3) is 9.15. The molecule has 0 amide bonds. The van der Waals surface area contributed by atoms with Gasteiger partial charge in [-0.25, -0.2) is 19.9 Å². The van der Waals surface area contributed by atoms with Gasteiger partial charge in [0.25, 0.3) is 12.4 Å². The van der Waals surface area contributed by atoms with E-state index in [4.69, 9.17) is 24.7 Å². The van der Waals surface area contributed by atoms with E-state index in [0.29, 0.717) is 34.5 Å². The van der Waals surface area contributed by atoms with Gasteiger partial charge in [-0.05, 0) is 62.1 Å². The molecule has 0 N–H and O–H groups in total. The number of benzene rings is 6. The van der Waals surface area contributed by atoms with E-state index in [1.807, 2.05) is 64.0 Å². The van der Waals surface area contributed by atoms with Gasteiger partial charge in [-0.3, -0.25) is 0 Å². The van der Waals surface area contributed by atoms with Crippen molar-refractivity contribution in [3.05, 3.63) is 187 Å². The molecule has 0 unspecified atom stereocenters. The molecular weight excluding hydrogens is 1020 g/mol. The quantitative estimate of drug-likeness (QED) is 0.112. The molecule has 0 radical (unpaired) electrons. The van der Waals surface area contributed by atoms with Crippen LogP contribution < -0.4 is 4.74 Å². The van der Waals surface area contributed by atoms with Crippen molar-refractivity contribution in [3.63, 3.8) is 0 Å². The minimum absolute atomic E-state index is 0. The Balaban J connectivity index is 0.00000578. The second kappa shape index (κ2) is 17.8. The van der Waals surface area contributed by atoms with Crippen LogP contribution in [0.5, 0.6) is 11.5 Å². The van der Waals surface area contributed by atoms with E-state index in [9.17, 15) is 0 Å². The Kier molecular flexibility index (Phi) is 12.1. The minimum Gasteiger partial charge on any atom is -0.508 e. The molecule has 8 nitrogen and oxygen atoms in total. The first kappa shape index (κ1) is 46.0. The number of rotatable bonds is 8. The zero-order valence-corrected chi connectivity index (χ0v) is 42.1. The second-order valence-corrected chi connectivity index (χ2v) is 20.2. The SMILES string of the molecule is CC(C)(C)c1ccc(-c2nc(-c3ccc(C(C)(C)C)cc3)nc(-c3cc4c5ccccc5n(-c5ccccn5)c4[c-]c3Oc3[c-]c([N+]4=C=[N+](c5ccc(C(C)(C)C)cc5)C=C4)ccc3)n2)cc1.[Pt+2]. The van der Waals surface area contributed by atoms with Crippen molar-refractivity contribution in [2.24, 2.45) is 0 Å². The van der Waals surface area contributed by atoms with Gasteiger partial charge in [0.15, 0.2) is 11.6 Å². The van der Waals surface area contributed by atoms with Gasteiger partial charge >= 0.3 is 27.1 Å². The molecule has 68 heavy (non-hydrogen) atoms. The largest absolute Gasteiger partial charge is 2.00 e. The first-order chi connectivity index (χ1) is 32.1. The molecule has 0 atom stereocenters. The predicted molar refractivity (Wildman–Crippen MR) is 269 cm³/mol. The Morgan fingerprint density at radius 3 is 1.69 bits per heavy atom. The van der Waals surface area contributed by atoms with E-state index < -0.39 is 0 Å². The third-order valence-corrected chi connectivity index (χ3v) is 12.3. The van der Waals surface area contributed by atoms with Gasteiger partial charge in [0.05, 0.1) is 0 Å². The predicted octanol–water partition coefficient (Wildman–Crippen LogP) is 14.3. The Morgan fingerprint density at radius 1 is 0.544 bits per heavy atom. The summed E-state index contributed by atoms with van der Waals surface area (Å²) in [5.74, 6) is 3.25. The topological polar surface area (TPSA) is 71.7 Å². The van der Waals surface area contributed by atoms with Crippen molar-refractivity contribution in [1.82, 2.24) is 24.5 Å². The monoisotopic (exact) mass is 1070 g/mol. The molecule has 1 aliphatic heterocycles. The third-order valence-electron chi connectivity index (χ3n) is 12.3. The van der Waals surface area contributed by atoms with Crippen LogP contribution in [0.15, 0.2) is 158 Å². The minimum atomic E-state index is -0.0120. The van der Waals surface area contributed by atoms with Crippen molar-refractivity contribution in [3.8, 4) is 51.5 Å². The van der Waals surface area contributed by atoms with Crippen LogP contribution in [0.25, 0.3) is 61.8 Å². The molecule has 10 rings (SSSR count). The van der Waals surface area contributed by atoms with E-state index in [0.717, 1.165) is 50.1 Å². The zero-order valence-electron chi connectivity index (χ0n) is 39.9. The molecule has 0 saturated heterocycles. The Hall–Kier alpha value is -7.11. The molecular formula is C59H53N7OPt+2. The summed E-state index contributed by atoms with van der Waals surface area (Å²) in [6.45, 7) is 20.0. The van der Waals surface area contributed by atoms with Crippen LogP contribution in [0.1, 0.15) is 79.0 Å². The number of pyridine rings is 1. The molecule has 0 spiro atoms. The molecule has 0 saturated carbocycles. The number of hydrogen-bond donors (Lipinski definition) is 0. The van der Waals surface area contributed by atoms with Crippen molar-refractivity contribution < 1.29 is 35.0 Å². The molecule has 4 heterocycles. The summed E-state index contributed by atoms with van der Waals surface area (Å²) >= 11 is 0. The van der Waals surface area contributed by atoms with E-state index in [1.54, 1.807) is 6.20 Å².